The maximum absolute atomic E-state index is 11.9. The van der Waals surface area contributed by atoms with Crippen molar-refractivity contribution in [2.45, 2.75) is 15.6 Å². The van der Waals surface area contributed by atoms with E-state index in [1.165, 1.54) is 30.3 Å². The summed E-state index contributed by atoms with van der Waals surface area (Å²) in [5.74, 6) is 0. The number of hydrogen-bond donors (Lipinski definition) is 2. The van der Waals surface area contributed by atoms with Crippen molar-refractivity contribution >= 4 is 31.4 Å². The molecule has 0 aliphatic carbocycles. The fourth-order valence-corrected chi connectivity index (χ4v) is 4.03. The van der Waals surface area contributed by atoms with Crippen LogP contribution < -0.4 is 9.86 Å². The lowest BCUT2D eigenvalue weighted by Crippen LogP contribution is -2.22. The minimum absolute atomic E-state index is 0.0117. The molecule has 0 fully saturated rings. The lowest BCUT2D eigenvalue weighted by atomic mass is 10.2. The maximum Gasteiger partial charge on any atom is 0.250 e. The van der Waals surface area contributed by atoms with Crippen LogP contribution >= 0.6 is 11.3 Å². The highest BCUT2D eigenvalue weighted by molar-refractivity contribution is 7.91. The third-order valence-electron chi connectivity index (χ3n) is 2.48. The third kappa shape index (κ3) is 3.64. The maximum atomic E-state index is 11.9. The lowest BCUT2D eigenvalue weighted by molar-refractivity contribution is 0.583. The van der Waals surface area contributed by atoms with E-state index in [9.17, 15) is 16.8 Å². The number of rotatable bonds is 5. The quantitative estimate of drug-likeness (QED) is 0.847. The van der Waals surface area contributed by atoms with Crippen LogP contribution in [0.15, 0.2) is 50.9 Å². The van der Waals surface area contributed by atoms with Gasteiger partial charge in [0.2, 0.25) is 20.0 Å². The van der Waals surface area contributed by atoms with Crippen molar-refractivity contribution in [3.05, 3.63) is 47.3 Å². The normalized spacial score (nSPS) is 12.4. The summed E-state index contributed by atoms with van der Waals surface area (Å²) in [6.07, 6.45) is 0. The van der Waals surface area contributed by atoms with Gasteiger partial charge in [-0.2, -0.15) is 0 Å². The Morgan fingerprint density at radius 1 is 1.05 bits per heavy atom. The van der Waals surface area contributed by atoms with Gasteiger partial charge in [-0.15, -0.1) is 11.3 Å². The van der Waals surface area contributed by atoms with Gasteiger partial charge in [0, 0.05) is 6.54 Å². The number of nitrogens with one attached hydrogen (secondary N) is 1. The topological polar surface area (TPSA) is 106 Å². The van der Waals surface area contributed by atoms with Crippen LogP contribution in [0.4, 0.5) is 0 Å². The van der Waals surface area contributed by atoms with Gasteiger partial charge in [-0.05, 0) is 29.1 Å². The molecule has 0 amide bonds. The Morgan fingerprint density at radius 3 is 2.20 bits per heavy atom. The van der Waals surface area contributed by atoms with Crippen molar-refractivity contribution < 1.29 is 16.8 Å². The molecule has 0 saturated heterocycles. The molecule has 6 nitrogen and oxygen atoms in total. The first-order valence-corrected chi connectivity index (χ1v) is 9.35. The molecule has 1 aromatic heterocycles. The molecule has 2 aromatic rings. The van der Waals surface area contributed by atoms with E-state index in [0.29, 0.717) is 5.56 Å². The van der Waals surface area contributed by atoms with Gasteiger partial charge in [0.15, 0.2) is 0 Å². The van der Waals surface area contributed by atoms with Crippen molar-refractivity contribution in [2.24, 2.45) is 5.14 Å². The molecule has 1 heterocycles. The van der Waals surface area contributed by atoms with Crippen molar-refractivity contribution in [3.63, 3.8) is 0 Å². The summed E-state index contributed by atoms with van der Waals surface area (Å²) in [6.45, 7) is 0.0745. The van der Waals surface area contributed by atoms with Gasteiger partial charge in [-0.3, -0.25) is 0 Å². The lowest BCUT2D eigenvalue weighted by Gasteiger charge is -2.05. The molecule has 0 spiro atoms. The average molecular weight is 332 g/mol. The fraction of sp³-hybridized carbons (Fsp3) is 0.0909. The minimum atomic E-state index is -3.74. The molecular formula is C11H12N2O4S3. The predicted molar refractivity (Wildman–Crippen MR) is 76.2 cm³/mol. The Labute approximate surface area is 121 Å². The SMILES string of the molecule is NS(=O)(=O)c1ccc(CNS(=O)(=O)c2cccs2)cc1. The van der Waals surface area contributed by atoms with E-state index in [1.807, 2.05) is 0 Å². The van der Waals surface area contributed by atoms with Gasteiger partial charge >= 0.3 is 0 Å². The van der Waals surface area contributed by atoms with Crippen LogP contribution in [0.2, 0.25) is 0 Å². The summed E-state index contributed by atoms with van der Waals surface area (Å²) in [4.78, 5) is -0.0117. The second-order valence-electron chi connectivity index (χ2n) is 3.95. The van der Waals surface area contributed by atoms with Crippen LogP contribution in [-0.2, 0) is 26.6 Å². The summed E-state index contributed by atoms with van der Waals surface area (Å²) < 4.78 is 48.6. The van der Waals surface area contributed by atoms with Gasteiger partial charge in [0.05, 0.1) is 4.90 Å². The zero-order chi connectivity index (χ0) is 14.8. The van der Waals surface area contributed by atoms with Crippen molar-refractivity contribution in [3.8, 4) is 0 Å². The van der Waals surface area contributed by atoms with Crippen LogP contribution in [0.25, 0.3) is 0 Å². The van der Waals surface area contributed by atoms with E-state index in [0.717, 1.165) is 11.3 Å². The Bertz CT molecular complexity index is 779. The monoisotopic (exact) mass is 332 g/mol. The first-order chi connectivity index (χ1) is 9.29. The second-order valence-corrected chi connectivity index (χ2v) is 8.45. The number of sulfonamides is 2. The van der Waals surface area contributed by atoms with Crippen LogP contribution in [0.5, 0.6) is 0 Å². The Kier molecular flexibility index (Phi) is 4.25. The average Bonchev–Trinajstić information content (AvgIpc) is 2.90. The molecule has 0 radical (unpaired) electrons. The Hall–Kier alpha value is -1.26. The van der Waals surface area contributed by atoms with Crippen molar-refractivity contribution in [2.75, 3.05) is 0 Å². The van der Waals surface area contributed by atoms with Gasteiger partial charge in [0.25, 0.3) is 0 Å². The highest BCUT2D eigenvalue weighted by Crippen LogP contribution is 2.16. The van der Waals surface area contributed by atoms with E-state index in [-0.39, 0.29) is 15.6 Å². The van der Waals surface area contributed by atoms with E-state index in [1.54, 1.807) is 11.4 Å². The molecule has 0 aliphatic heterocycles. The fourth-order valence-electron chi connectivity index (χ4n) is 1.46. The highest BCUT2D eigenvalue weighted by Gasteiger charge is 2.14. The number of benzene rings is 1. The van der Waals surface area contributed by atoms with Crippen LogP contribution in [0.1, 0.15) is 5.56 Å². The molecule has 0 atom stereocenters. The molecule has 0 saturated carbocycles. The third-order valence-corrected chi connectivity index (χ3v) is 6.21. The van der Waals surface area contributed by atoms with Gasteiger partial charge in [-0.1, -0.05) is 18.2 Å². The zero-order valence-corrected chi connectivity index (χ0v) is 12.6. The van der Waals surface area contributed by atoms with Gasteiger partial charge in [-0.25, -0.2) is 26.7 Å². The van der Waals surface area contributed by atoms with Crippen LogP contribution in [-0.4, -0.2) is 16.8 Å². The zero-order valence-electron chi connectivity index (χ0n) is 10.2. The van der Waals surface area contributed by atoms with Crippen molar-refractivity contribution in [1.29, 1.82) is 0 Å². The minimum Gasteiger partial charge on any atom is -0.225 e. The van der Waals surface area contributed by atoms with E-state index < -0.39 is 20.0 Å². The molecular weight excluding hydrogens is 320 g/mol. The smallest absolute Gasteiger partial charge is 0.225 e. The van der Waals surface area contributed by atoms with Crippen LogP contribution in [0, 0.1) is 0 Å². The molecule has 1 aromatic carbocycles. The number of thiophene rings is 1. The summed E-state index contributed by atoms with van der Waals surface area (Å²) in [6, 6.07) is 8.86. The summed E-state index contributed by atoms with van der Waals surface area (Å²) >= 11 is 1.12. The van der Waals surface area contributed by atoms with Gasteiger partial charge < -0.3 is 0 Å². The molecule has 0 aliphatic rings. The number of hydrogen-bond acceptors (Lipinski definition) is 5. The first-order valence-electron chi connectivity index (χ1n) is 5.44. The van der Waals surface area contributed by atoms with Crippen molar-refractivity contribution in [1.82, 2.24) is 4.72 Å². The molecule has 3 N–H and O–H groups in total. The Balaban J connectivity index is 2.09. The van der Waals surface area contributed by atoms with Gasteiger partial charge in [0.1, 0.15) is 4.21 Å². The molecule has 0 unspecified atom stereocenters. The number of nitrogens with two attached hydrogens (primary N) is 1. The summed E-state index contributed by atoms with van der Waals surface area (Å²) in [5, 5.41) is 6.65. The van der Waals surface area contributed by atoms with E-state index in [2.05, 4.69) is 4.72 Å². The largest absolute Gasteiger partial charge is 0.250 e. The highest BCUT2D eigenvalue weighted by atomic mass is 32.2. The molecule has 108 valence electrons. The number of primary sulfonamides is 1. The van der Waals surface area contributed by atoms with E-state index >= 15 is 0 Å². The predicted octanol–water partition coefficient (Wildman–Crippen LogP) is 0.874. The first kappa shape index (κ1) is 15.1. The standard InChI is InChI=1S/C11H12N2O4S3/c12-19(14,15)10-5-3-9(4-6-10)8-13-20(16,17)11-2-1-7-18-11/h1-7,13H,8H2,(H2,12,14,15). The van der Waals surface area contributed by atoms with Crippen LogP contribution in [0.3, 0.4) is 0 Å². The summed E-state index contributed by atoms with van der Waals surface area (Å²) in [5.41, 5.74) is 0.637. The summed E-state index contributed by atoms with van der Waals surface area (Å²) in [7, 11) is -7.26. The molecule has 0 bridgehead atoms. The molecule has 2 rings (SSSR count). The Morgan fingerprint density at radius 2 is 1.70 bits per heavy atom. The second kappa shape index (κ2) is 5.62. The molecule has 20 heavy (non-hydrogen) atoms. The van der Waals surface area contributed by atoms with E-state index in [4.69, 9.17) is 5.14 Å². The molecule has 9 heteroatoms.